The van der Waals surface area contributed by atoms with Crippen LogP contribution in [0.3, 0.4) is 0 Å². The van der Waals surface area contributed by atoms with Crippen molar-refractivity contribution in [3.05, 3.63) is 23.8 Å². The van der Waals surface area contributed by atoms with E-state index >= 15 is 0 Å². The van der Waals surface area contributed by atoms with Crippen molar-refractivity contribution < 1.29 is 14.3 Å². The van der Waals surface area contributed by atoms with Crippen molar-refractivity contribution in [1.29, 1.82) is 0 Å². The summed E-state index contributed by atoms with van der Waals surface area (Å²) in [6.45, 7) is 0. The first kappa shape index (κ1) is 13.3. The first-order valence-electron chi connectivity index (χ1n) is 5.37. The third-order valence-corrected chi connectivity index (χ3v) is 2.37. The van der Waals surface area contributed by atoms with Crippen LogP contribution in [0, 0.1) is 0 Å². The fourth-order valence-electron chi connectivity index (χ4n) is 1.53. The number of hydrogen-bond acceptors (Lipinski definition) is 4. The van der Waals surface area contributed by atoms with Crippen molar-refractivity contribution in [2.45, 2.75) is 12.8 Å². The number of aryl methyl sites for hydroxylation is 1. The number of hydrazine groups is 1. The molecular weight excluding hydrogens is 220 g/mol. The number of amides is 1. The summed E-state index contributed by atoms with van der Waals surface area (Å²) in [6, 6.07) is 5.55. The Morgan fingerprint density at radius 3 is 2.65 bits per heavy atom. The van der Waals surface area contributed by atoms with Crippen LogP contribution in [0.1, 0.15) is 12.0 Å². The molecule has 1 rings (SSSR count). The van der Waals surface area contributed by atoms with Crippen LogP contribution >= 0.6 is 0 Å². The van der Waals surface area contributed by atoms with Crippen LogP contribution in [0.5, 0.6) is 11.5 Å². The minimum Gasteiger partial charge on any atom is -0.497 e. The van der Waals surface area contributed by atoms with Gasteiger partial charge in [0, 0.05) is 13.5 Å². The molecule has 0 saturated carbocycles. The fraction of sp³-hybridized carbons (Fsp3) is 0.417. The zero-order chi connectivity index (χ0) is 12.7. The van der Waals surface area contributed by atoms with E-state index in [0.717, 1.165) is 17.1 Å². The Kier molecular flexibility index (Phi) is 5.29. The fourth-order valence-corrected chi connectivity index (χ4v) is 1.53. The van der Waals surface area contributed by atoms with Crippen molar-refractivity contribution in [2.75, 3.05) is 21.3 Å². The molecule has 94 valence electrons. The molecule has 0 aromatic heterocycles. The molecule has 1 aromatic rings. The molecule has 0 radical (unpaired) electrons. The number of nitrogens with one attached hydrogen (secondary N) is 2. The van der Waals surface area contributed by atoms with E-state index in [-0.39, 0.29) is 5.91 Å². The van der Waals surface area contributed by atoms with Crippen molar-refractivity contribution in [3.8, 4) is 11.5 Å². The quantitative estimate of drug-likeness (QED) is 0.722. The predicted octanol–water partition coefficient (Wildman–Crippen LogP) is 0.887. The van der Waals surface area contributed by atoms with E-state index in [4.69, 9.17) is 9.47 Å². The lowest BCUT2D eigenvalue weighted by Gasteiger charge is -2.10. The summed E-state index contributed by atoms with van der Waals surface area (Å²) in [7, 11) is 4.88. The molecule has 0 heterocycles. The molecule has 0 aliphatic heterocycles. The molecule has 0 spiro atoms. The molecule has 0 atom stereocenters. The average Bonchev–Trinajstić information content (AvgIpc) is 2.36. The molecule has 17 heavy (non-hydrogen) atoms. The van der Waals surface area contributed by atoms with E-state index in [1.807, 2.05) is 18.2 Å². The first-order chi connectivity index (χ1) is 8.21. The Morgan fingerprint density at radius 2 is 2.06 bits per heavy atom. The minimum atomic E-state index is -0.0580. The zero-order valence-electron chi connectivity index (χ0n) is 10.4. The molecule has 0 saturated heterocycles. The Balaban J connectivity index is 2.70. The predicted molar refractivity (Wildman–Crippen MR) is 65.1 cm³/mol. The Labute approximate surface area is 101 Å². The van der Waals surface area contributed by atoms with Gasteiger partial charge in [-0.15, -0.1) is 0 Å². The third-order valence-electron chi connectivity index (χ3n) is 2.37. The van der Waals surface area contributed by atoms with E-state index in [1.165, 1.54) is 0 Å². The maximum absolute atomic E-state index is 11.3. The van der Waals surface area contributed by atoms with Crippen LogP contribution in [0.15, 0.2) is 18.2 Å². The summed E-state index contributed by atoms with van der Waals surface area (Å²) < 4.78 is 10.4. The monoisotopic (exact) mass is 238 g/mol. The maximum atomic E-state index is 11.3. The molecule has 0 aliphatic rings. The summed E-state index contributed by atoms with van der Waals surface area (Å²) in [4.78, 5) is 11.3. The minimum absolute atomic E-state index is 0.0580. The van der Waals surface area contributed by atoms with E-state index in [2.05, 4.69) is 10.9 Å². The number of hydrogen-bond donors (Lipinski definition) is 2. The number of benzene rings is 1. The van der Waals surface area contributed by atoms with Gasteiger partial charge in [0.15, 0.2) is 0 Å². The van der Waals surface area contributed by atoms with Gasteiger partial charge in [0.1, 0.15) is 11.5 Å². The highest BCUT2D eigenvalue weighted by Gasteiger charge is 2.07. The summed E-state index contributed by atoms with van der Waals surface area (Å²) in [6.07, 6.45) is 0.998. The SMILES string of the molecule is CNNC(=O)CCc1cc(OC)ccc1OC. The maximum Gasteiger partial charge on any atom is 0.234 e. The average molecular weight is 238 g/mol. The van der Waals surface area contributed by atoms with Gasteiger partial charge in [-0.05, 0) is 30.2 Å². The highest BCUT2D eigenvalue weighted by Crippen LogP contribution is 2.24. The van der Waals surface area contributed by atoms with Crippen LogP contribution in [0.2, 0.25) is 0 Å². The van der Waals surface area contributed by atoms with E-state index in [9.17, 15) is 4.79 Å². The topological polar surface area (TPSA) is 59.6 Å². The van der Waals surface area contributed by atoms with Crippen molar-refractivity contribution in [1.82, 2.24) is 10.9 Å². The summed E-state index contributed by atoms with van der Waals surface area (Å²) >= 11 is 0. The van der Waals surface area contributed by atoms with Crippen LogP contribution in [-0.4, -0.2) is 27.2 Å². The normalized spacial score (nSPS) is 9.82. The lowest BCUT2D eigenvalue weighted by Crippen LogP contribution is -2.34. The summed E-state index contributed by atoms with van der Waals surface area (Å²) in [5.41, 5.74) is 6.08. The number of carbonyl (C=O) groups is 1. The first-order valence-corrected chi connectivity index (χ1v) is 5.37. The highest BCUT2D eigenvalue weighted by molar-refractivity contribution is 5.75. The second-order valence-corrected chi connectivity index (χ2v) is 3.48. The van der Waals surface area contributed by atoms with Gasteiger partial charge in [-0.2, -0.15) is 0 Å². The van der Waals surface area contributed by atoms with E-state index < -0.39 is 0 Å². The lowest BCUT2D eigenvalue weighted by molar-refractivity contribution is -0.121. The number of rotatable bonds is 6. The van der Waals surface area contributed by atoms with Gasteiger partial charge in [0.2, 0.25) is 5.91 Å². The van der Waals surface area contributed by atoms with Crippen LogP contribution in [-0.2, 0) is 11.2 Å². The molecule has 2 N–H and O–H groups in total. The molecule has 0 fully saturated rings. The summed E-state index contributed by atoms with van der Waals surface area (Å²) in [5.74, 6) is 1.47. The van der Waals surface area contributed by atoms with Crippen LogP contribution < -0.4 is 20.3 Å². The Hall–Kier alpha value is -1.75. The Morgan fingerprint density at radius 1 is 1.29 bits per heavy atom. The second-order valence-electron chi connectivity index (χ2n) is 3.48. The number of methoxy groups -OCH3 is 2. The molecule has 0 unspecified atom stereocenters. The van der Waals surface area contributed by atoms with Crippen LogP contribution in [0.4, 0.5) is 0 Å². The van der Waals surface area contributed by atoms with Gasteiger partial charge >= 0.3 is 0 Å². The summed E-state index contributed by atoms with van der Waals surface area (Å²) in [5, 5.41) is 0. The zero-order valence-corrected chi connectivity index (χ0v) is 10.4. The molecule has 1 amide bonds. The van der Waals surface area contributed by atoms with Gasteiger partial charge < -0.3 is 9.47 Å². The largest absolute Gasteiger partial charge is 0.497 e. The lowest BCUT2D eigenvalue weighted by atomic mass is 10.1. The Bertz CT molecular complexity index is 380. The second kappa shape index (κ2) is 6.75. The van der Waals surface area contributed by atoms with Gasteiger partial charge in [-0.25, -0.2) is 5.43 Å². The van der Waals surface area contributed by atoms with Gasteiger partial charge in [0.05, 0.1) is 14.2 Å². The third kappa shape index (κ3) is 3.96. The van der Waals surface area contributed by atoms with Gasteiger partial charge in [-0.3, -0.25) is 10.2 Å². The molecular formula is C12H18N2O3. The van der Waals surface area contributed by atoms with Crippen molar-refractivity contribution in [2.24, 2.45) is 0 Å². The molecule has 5 heteroatoms. The van der Waals surface area contributed by atoms with Crippen molar-refractivity contribution in [3.63, 3.8) is 0 Å². The van der Waals surface area contributed by atoms with E-state index in [1.54, 1.807) is 21.3 Å². The smallest absolute Gasteiger partial charge is 0.234 e. The van der Waals surface area contributed by atoms with Gasteiger partial charge in [0.25, 0.3) is 0 Å². The molecule has 5 nitrogen and oxygen atoms in total. The van der Waals surface area contributed by atoms with E-state index in [0.29, 0.717) is 12.8 Å². The molecule has 1 aromatic carbocycles. The van der Waals surface area contributed by atoms with Crippen LogP contribution in [0.25, 0.3) is 0 Å². The van der Waals surface area contributed by atoms with Gasteiger partial charge in [-0.1, -0.05) is 0 Å². The standard InChI is InChI=1S/C12H18N2O3/c1-13-14-12(15)7-4-9-8-10(16-2)5-6-11(9)17-3/h5-6,8,13H,4,7H2,1-3H3,(H,14,15). The number of carbonyl (C=O) groups excluding carboxylic acids is 1. The molecule has 0 bridgehead atoms. The number of ether oxygens (including phenoxy) is 2. The highest BCUT2D eigenvalue weighted by atomic mass is 16.5. The van der Waals surface area contributed by atoms with Crippen molar-refractivity contribution >= 4 is 5.91 Å². The molecule has 0 aliphatic carbocycles.